The molecule has 0 bridgehead atoms. The maximum absolute atomic E-state index is 12.9. The summed E-state index contributed by atoms with van der Waals surface area (Å²) in [6, 6.07) is 15.9. The number of methoxy groups -OCH3 is 1. The molecule has 0 unspecified atom stereocenters. The van der Waals surface area contributed by atoms with Crippen molar-refractivity contribution in [1.29, 1.82) is 0 Å². The summed E-state index contributed by atoms with van der Waals surface area (Å²) in [5, 5.41) is 0. The van der Waals surface area contributed by atoms with E-state index >= 15 is 0 Å². The molecule has 0 spiro atoms. The predicted octanol–water partition coefficient (Wildman–Crippen LogP) is 4.95. The van der Waals surface area contributed by atoms with Gasteiger partial charge in [-0.25, -0.2) is 4.79 Å². The van der Waals surface area contributed by atoms with Crippen LogP contribution in [0.3, 0.4) is 0 Å². The summed E-state index contributed by atoms with van der Waals surface area (Å²) in [7, 11) is 1.06. The molecule has 0 radical (unpaired) electrons. The largest absolute Gasteiger partial charge is 0.494 e. The van der Waals surface area contributed by atoms with Crippen LogP contribution in [0.4, 0.5) is 4.79 Å². The smallest absolute Gasteiger partial charge is 0.489 e. The minimum Gasteiger partial charge on any atom is -0.489 e. The Hall–Kier alpha value is -2.55. The minimum atomic E-state index is -0.600. The molecule has 196 valence electrons. The van der Waals surface area contributed by atoms with Gasteiger partial charge in [0.25, 0.3) is 0 Å². The van der Waals surface area contributed by atoms with E-state index in [1.54, 1.807) is 12.0 Å². The van der Waals surface area contributed by atoms with Gasteiger partial charge < -0.3 is 28.4 Å². The number of hydrogen-bond donors (Lipinski definition) is 0. The first kappa shape index (κ1) is 28.0. The average Bonchev–Trinajstić information content (AvgIpc) is 3.01. The Kier molecular flexibility index (Phi) is 8.75. The molecule has 0 atom stereocenters. The van der Waals surface area contributed by atoms with Crippen molar-refractivity contribution < 1.29 is 28.3 Å². The molecule has 1 fully saturated rings. The number of rotatable bonds is 9. The van der Waals surface area contributed by atoms with Crippen LogP contribution in [-0.2, 0) is 31.9 Å². The van der Waals surface area contributed by atoms with Gasteiger partial charge in [0.1, 0.15) is 18.0 Å². The van der Waals surface area contributed by atoms with Gasteiger partial charge in [0.15, 0.2) is 0 Å². The molecule has 3 rings (SSSR count). The summed E-state index contributed by atoms with van der Waals surface area (Å²) in [6.45, 7) is 15.2. The second-order valence-corrected chi connectivity index (χ2v) is 11.2. The van der Waals surface area contributed by atoms with Crippen LogP contribution >= 0.6 is 0 Å². The topological polar surface area (TPSA) is 66.5 Å². The molecule has 7 nitrogen and oxygen atoms in total. The summed E-state index contributed by atoms with van der Waals surface area (Å²) in [5.74, 6) is 0.678. The molecule has 0 saturated carbocycles. The Balaban J connectivity index is 1.90. The van der Waals surface area contributed by atoms with Gasteiger partial charge in [0, 0.05) is 20.2 Å². The van der Waals surface area contributed by atoms with E-state index in [-0.39, 0.29) is 0 Å². The van der Waals surface area contributed by atoms with Gasteiger partial charge in [-0.1, -0.05) is 36.4 Å². The number of ether oxygens (including phenoxy) is 3. The van der Waals surface area contributed by atoms with Crippen molar-refractivity contribution in [2.45, 2.75) is 78.4 Å². The first-order chi connectivity index (χ1) is 16.8. The monoisotopic (exact) mass is 497 g/mol. The SMILES string of the molecule is COCCN(Cc1cc(OCc2ccccc2)cc(B2OC(C)(C)C(C)(C)O2)c1)C(=O)OC(C)(C)C. The van der Waals surface area contributed by atoms with Crippen molar-refractivity contribution in [1.82, 2.24) is 4.90 Å². The predicted molar refractivity (Wildman–Crippen MR) is 141 cm³/mol. The van der Waals surface area contributed by atoms with Crippen LogP contribution in [-0.4, -0.2) is 55.2 Å². The summed E-state index contributed by atoms with van der Waals surface area (Å²) < 4.78 is 29.7. The molecule has 1 heterocycles. The van der Waals surface area contributed by atoms with Crippen molar-refractivity contribution in [2.24, 2.45) is 0 Å². The van der Waals surface area contributed by atoms with Crippen LogP contribution < -0.4 is 10.2 Å². The molecule has 1 aliphatic heterocycles. The van der Waals surface area contributed by atoms with Crippen LogP contribution in [0.25, 0.3) is 0 Å². The second-order valence-electron chi connectivity index (χ2n) is 11.2. The fourth-order valence-corrected chi connectivity index (χ4v) is 3.70. The van der Waals surface area contributed by atoms with Crippen molar-refractivity contribution >= 4 is 18.7 Å². The fraction of sp³-hybridized carbons (Fsp3) is 0.536. The highest BCUT2D eigenvalue weighted by atomic mass is 16.7. The van der Waals surface area contributed by atoms with Crippen molar-refractivity contribution in [2.75, 3.05) is 20.3 Å². The third kappa shape index (κ3) is 7.48. The summed E-state index contributed by atoms with van der Waals surface area (Å²) >= 11 is 0. The maximum atomic E-state index is 12.9. The first-order valence-electron chi connectivity index (χ1n) is 12.4. The first-order valence-corrected chi connectivity index (χ1v) is 12.4. The van der Waals surface area contributed by atoms with Crippen molar-refractivity contribution in [3.05, 3.63) is 59.7 Å². The zero-order valence-electron chi connectivity index (χ0n) is 22.9. The van der Waals surface area contributed by atoms with E-state index in [0.717, 1.165) is 16.6 Å². The molecular formula is C28H40BNO6. The number of amides is 1. The Morgan fingerprint density at radius 2 is 1.61 bits per heavy atom. The molecule has 2 aromatic carbocycles. The molecule has 0 aromatic heterocycles. The van der Waals surface area contributed by atoms with Gasteiger partial charge in [0.2, 0.25) is 0 Å². The van der Waals surface area contributed by atoms with Crippen LogP contribution in [0, 0.1) is 0 Å². The Morgan fingerprint density at radius 3 is 2.19 bits per heavy atom. The summed E-state index contributed by atoms with van der Waals surface area (Å²) in [4.78, 5) is 14.6. The molecule has 0 N–H and O–H groups in total. The van der Waals surface area contributed by atoms with Gasteiger partial charge in [0.05, 0.1) is 17.8 Å². The lowest BCUT2D eigenvalue weighted by molar-refractivity contribution is 0.00578. The van der Waals surface area contributed by atoms with Gasteiger partial charge in [-0.15, -0.1) is 0 Å². The quantitative estimate of drug-likeness (QED) is 0.457. The maximum Gasteiger partial charge on any atom is 0.494 e. The molecule has 2 aromatic rings. The Labute approximate surface area is 216 Å². The second kappa shape index (κ2) is 11.2. The van der Waals surface area contributed by atoms with Gasteiger partial charge in [-0.3, -0.25) is 0 Å². The van der Waals surface area contributed by atoms with Crippen LogP contribution in [0.1, 0.15) is 59.6 Å². The minimum absolute atomic E-state index is 0.327. The number of benzene rings is 2. The molecule has 1 amide bonds. The molecule has 0 aliphatic carbocycles. The molecular weight excluding hydrogens is 457 g/mol. The van der Waals surface area contributed by atoms with E-state index in [9.17, 15) is 4.79 Å². The standard InChI is InChI=1S/C28H40BNO6/c1-26(2,3)34-25(31)30(14-15-32-8)19-22-16-23(29-35-27(4,5)28(6,7)36-29)18-24(17-22)33-20-21-12-10-9-11-13-21/h9-13,16-18H,14-15,19-20H2,1-8H3. The lowest BCUT2D eigenvalue weighted by atomic mass is 9.78. The summed E-state index contributed by atoms with van der Waals surface area (Å²) in [5.41, 5.74) is 1.24. The number of carbonyl (C=O) groups is 1. The molecule has 1 aliphatic rings. The molecule has 1 saturated heterocycles. The lowest BCUT2D eigenvalue weighted by Crippen LogP contribution is -2.41. The van der Waals surface area contributed by atoms with E-state index < -0.39 is 30.0 Å². The highest BCUT2D eigenvalue weighted by molar-refractivity contribution is 6.62. The van der Waals surface area contributed by atoms with Crippen LogP contribution in [0.5, 0.6) is 5.75 Å². The van der Waals surface area contributed by atoms with Gasteiger partial charge in [-0.05, 0) is 77.2 Å². The third-order valence-corrected chi connectivity index (χ3v) is 6.35. The van der Waals surface area contributed by atoms with E-state index in [4.69, 9.17) is 23.5 Å². The normalized spacial score (nSPS) is 16.6. The van der Waals surface area contributed by atoms with E-state index in [1.165, 1.54) is 0 Å². The van der Waals surface area contributed by atoms with E-state index in [0.29, 0.717) is 32.1 Å². The fourth-order valence-electron chi connectivity index (χ4n) is 3.70. The number of hydrogen-bond acceptors (Lipinski definition) is 6. The van der Waals surface area contributed by atoms with Crippen molar-refractivity contribution in [3.8, 4) is 5.75 Å². The Bertz CT molecular complexity index is 1000. The summed E-state index contributed by atoms with van der Waals surface area (Å²) in [6.07, 6.45) is -0.396. The third-order valence-electron chi connectivity index (χ3n) is 6.35. The molecule has 36 heavy (non-hydrogen) atoms. The van der Waals surface area contributed by atoms with Crippen LogP contribution in [0.15, 0.2) is 48.5 Å². The van der Waals surface area contributed by atoms with E-state index in [1.807, 2.05) is 97.0 Å². The Morgan fingerprint density at radius 1 is 0.972 bits per heavy atom. The lowest BCUT2D eigenvalue weighted by Gasteiger charge is -2.32. The average molecular weight is 497 g/mol. The highest BCUT2D eigenvalue weighted by Gasteiger charge is 2.51. The highest BCUT2D eigenvalue weighted by Crippen LogP contribution is 2.36. The number of carbonyl (C=O) groups excluding carboxylic acids is 1. The van der Waals surface area contributed by atoms with E-state index in [2.05, 4.69) is 0 Å². The van der Waals surface area contributed by atoms with Gasteiger partial charge in [-0.2, -0.15) is 0 Å². The van der Waals surface area contributed by atoms with Crippen molar-refractivity contribution in [3.63, 3.8) is 0 Å². The number of nitrogens with zero attached hydrogens (tertiary/aromatic N) is 1. The zero-order valence-corrected chi connectivity index (χ0v) is 22.9. The molecule has 8 heteroatoms. The van der Waals surface area contributed by atoms with Crippen LogP contribution in [0.2, 0.25) is 0 Å². The van der Waals surface area contributed by atoms with Gasteiger partial charge >= 0.3 is 13.2 Å². The zero-order chi connectivity index (χ0) is 26.6.